The molecule has 0 spiro atoms. The molecule has 3 heteroatoms. The van der Waals surface area contributed by atoms with Crippen LogP contribution in [-0.2, 0) is 12.3 Å². The Morgan fingerprint density at radius 2 is 1.89 bits per heavy atom. The molecule has 0 radical (unpaired) electrons. The third-order valence-corrected chi connectivity index (χ3v) is 3.24. The highest BCUT2D eigenvalue weighted by Gasteiger charge is 2.07. The molecule has 1 aromatic carbocycles. The first kappa shape index (κ1) is 12.9. The van der Waals surface area contributed by atoms with Crippen LogP contribution in [0.15, 0.2) is 42.5 Å². The van der Waals surface area contributed by atoms with Crippen LogP contribution in [0.2, 0.25) is 0 Å². The zero-order valence-corrected chi connectivity index (χ0v) is 11.5. The van der Waals surface area contributed by atoms with E-state index in [1.54, 1.807) is 0 Å². The first-order valence-electron chi connectivity index (χ1n) is 6.09. The van der Waals surface area contributed by atoms with E-state index < -0.39 is 0 Å². The monoisotopic (exact) mass is 260 g/mol. The molecule has 0 aliphatic carbocycles. The van der Waals surface area contributed by atoms with Crippen molar-refractivity contribution in [2.45, 2.75) is 19.2 Å². The highest BCUT2D eigenvalue weighted by Crippen LogP contribution is 2.23. The number of aryl methyl sites for hydroxylation is 1. The number of alkyl halides is 1. The number of para-hydroxylation sites is 1. The summed E-state index contributed by atoms with van der Waals surface area (Å²) in [6, 6.07) is 14.3. The summed E-state index contributed by atoms with van der Waals surface area (Å²) in [5.41, 5.74) is 3.31. The van der Waals surface area contributed by atoms with Crippen LogP contribution in [0.3, 0.4) is 0 Å². The molecule has 0 bridgehead atoms. The van der Waals surface area contributed by atoms with Crippen molar-refractivity contribution < 1.29 is 0 Å². The van der Waals surface area contributed by atoms with Gasteiger partial charge in [0.05, 0.1) is 0 Å². The van der Waals surface area contributed by atoms with Gasteiger partial charge >= 0.3 is 0 Å². The first-order valence-corrected chi connectivity index (χ1v) is 6.62. The summed E-state index contributed by atoms with van der Waals surface area (Å²) in [7, 11) is 2.02. The standard InChI is InChI=1S/C15H17ClN2/c1-3-13-9-12(11-16)10-15(17-13)18(2)14-7-5-4-6-8-14/h4-10H,3,11H2,1-2H3. The number of hydrogen-bond acceptors (Lipinski definition) is 2. The summed E-state index contributed by atoms with van der Waals surface area (Å²) in [5.74, 6) is 1.46. The van der Waals surface area contributed by atoms with E-state index in [2.05, 4.69) is 35.0 Å². The summed E-state index contributed by atoms with van der Waals surface area (Å²) in [4.78, 5) is 6.72. The van der Waals surface area contributed by atoms with E-state index in [4.69, 9.17) is 11.6 Å². The Morgan fingerprint density at radius 3 is 2.50 bits per heavy atom. The minimum Gasteiger partial charge on any atom is -0.329 e. The largest absolute Gasteiger partial charge is 0.329 e. The molecule has 1 heterocycles. The topological polar surface area (TPSA) is 16.1 Å². The Kier molecular flexibility index (Phi) is 4.21. The Labute approximate surface area is 113 Å². The average Bonchev–Trinajstić information content (AvgIpc) is 2.46. The maximum absolute atomic E-state index is 5.93. The Morgan fingerprint density at radius 1 is 1.17 bits per heavy atom. The van der Waals surface area contributed by atoms with Crippen molar-refractivity contribution in [2.75, 3.05) is 11.9 Å². The number of aromatic nitrogens is 1. The second-order valence-corrected chi connectivity index (χ2v) is 4.47. The van der Waals surface area contributed by atoms with Crippen molar-refractivity contribution in [1.82, 2.24) is 4.98 Å². The molecule has 0 N–H and O–H groups in total. The maximum Gasteiger partial charge on any atom is 0.133 e. The van der Waals surface area contributed by atoms with Gasteiger partial charge in [-0.1, -0.05) is 25.1 Å². The van der Waals surface area contributed by atoms with Crippen LogP contribution in [0.1, 0.15) is 18.2 Å². The van der Waals surface area contributed by atoms with Crippen molar-refractivity contribution in [2.24, 2.45) is 0 Å². The number of halogens is 1. The van der Waals surface area contributed by atoms with Crippen LogP contribution in [0.4, 0.5) is 11.5 Å². The molecular weight excluding hydrogens is 244 g/mol. The smallest absolute Gasteiger partial charge is 0.133 e. The Balaban J connectivity index is 2.38. The van der Waals surface area contributed by atoms with Crippen LogP contribution in [-0.4, -0.2) is 12.0 Å². The van der Waals surface area contributed by atoms with Crippen molar-refractivity contribution in [3.63, 3.8) is 0 Å². The molecule has 0 fully saturated rings. The van der Waals surface area contributed by atoms with Gasteiger partial charge in [-0.3, -0.25) is 0 Å². The molecule has 0 unspecified atom stereocenters. The summed E-state index contributed by atoms with van der Waals surface area (Å²) in [5, 5.41) is 0. The molecule has 0 amide bonds. The lowest BCUT2D eigenvalue weighted by atomic mass is 10.2. The van der Waals surface area contributed by atoms with Crippen LogP contribution in [0, 0.1) is 0 Å². The summed E-state index contributed by atoms with van der Waals surface area (Å²) < 4.78 is 0. The molecule has 18 heavy (non-hydrogen) atoms. The molecular formula is C15H17ClN2. The predicted molar refractivity (Wildman–Crippen MR) is 77.7 cm³/mol. The fourth-order valence-corrected chi connectivity index (χ4v) is 2.00. The lowest BCUT2D eigenvalue weighted by molar-refractivity contribution is 0.998. The maximum atomic E-state index is 5.93. The first-order chi connectivity index (χ1) is 8.74. The predicted octanol–water partition coefficient (Wildman–Crippen LogP) is 4.15. The lowest BCUT2D eigenvalue weighted by Gasteiger charge is -2.19. The molecule has 0 saturated heterocycles. The third-order valence-electron chi connectivity index (χ3n) is 2.93. The van der Waals surface area contributed by atoms with Gasteiger partial charge in [-0.2, -0.15) is 0 Å². The van der Waals surface area contributed by atoms with Crippen molar-refractivity contribution in [1.29, 1.82) is 0 Å². The van der Waals surface area contributed by atoms with E-state index >= 15 is 0 Å². The van der Waals surface area contributed by atoms with E-state index in [0.29, 0.717) is 5.88 Å². The molecule has 2 rings (SSSR count). The van der Waals surface area contributed by atoms with Crippen molar-refractivity contribution in [3.8, 4) is 0 Å². The molecule has 2 nitrogen and oxygen atoms in total. The number of pyridine rings is 1. The van der Waals surface area contributed by atoms with Gasteiger partial charge in [0.15, 0.2) is 0 Å². The number of rotatable bonds is 4. The third kappa shape index (κ3) is 2.82. The molecule has 94 valence electrons. The van der Waals surface area contributed by atoms with Gasteiger partial charge in [-0.05, 0) is 36.2 Å². The van der Waals surface area contributed by atoms with Crippen molar-refractivity contribution in [3.05, 3.63) is 53.7 Å². The van der Waals surface area contributed by atoms with Gasteiger partial charge in [-0.15, -0.1) is 11.6 Å². The van der Waals surface area contributed by atoms with Crippen LogP contribution >= 0.6 is 11.6 Å². The van der Waals surface area contributed by atoms with Crippen molar-refractivity contribution >= 4 is 23.1 Å². The zero-order chi connectivity index (χ0) is 13.0. The second kappa shape index (κ2) is 5.87. The molecule has 0 aliphatic rings. The number of anilines is 2. The van der Waals surface area contributed by atoms with E-state index in [0.717, 1.165) is 29.2 Å². The van der Waals surface area contributed by atoms with E-state index in [1.807, 2.05) is 31.3 Å². The van der Waals surface area contributed by atoms with Crippen LogP contribution in [0.25, 0.3) is 0 Å². The van der Waals surface area contributed by atoms with Gasteiger partial charge in [0.2, 0.25) is 0 Å². The van der Waals surface area contributed by atoms with E-state index in [9.17, 15) is 0 Å². The van der Waals surface area contributed by atoms with Crippen LogP contribution in [0.5, 0.6) is 0 Å². The molecule has 0 saturated carbocycles. The fourth-order valence-electron chi connectivity index (χ4n) is 1.85. The minimum atomic E-state index is 0.519. The minimum absolute atomic E-state index is 0.519. The van der Waals surface area contributed by atoms with Gasteiger partial charge in [0, 0.05) is 24.3 Å². The molecule has 0 atom stereocenters. The van der Waals surface area contributed by atoms with Gasteiger partial charge in [0.1, 0.15) is 5.82 Å². The number of hydrogen-bond donors (Lipinski definition) is 0. The van der Waals surface area contributed by atoms with E-state index in [-0.39, 0.29) is 0 Å². The van der Waals surface area contributed by atoms with Crippen LogP contribution < -0.4 is 4.90 Å². The van der Waals surface area contributed by atoms with Gasteiger partial charge < -0.3 is 4.90 Å². The lowest BCUT2D eigenvalue weighted by Crippen LogP contribution is -2.12. The summed E-state index contributed by atoms with van der Waals surface area (Å²) in [6.07, 6.45) is 0.917. The SMILES string of the molecule is CCc1cc(CCl)cc(N(C)c2ccccc2)n1. The highest BCUT2D eigenvalue weighted by atomic mass is 35.5. The van der Waals surface area contributed by atoms with Gasteiger partial charge in [0.25, 0.3) is 0 Å². The average molecular weight is 261 g/mol. The molecule has 0 aliphatic heterocycles. The quantitative estimate of drug-likeness (QED) is 0.768. The Hall–Kier alpha value is -1.54. The van der Waals surface area contributed by atoms with Gasteiger partial charge in [-0.25, -0.2) is 4.98 Å². The fraction of sp³-hybridized carbons (Fsp3) is 0.267. The molecule has 1 aromatic heterocycles. The van der Waals surface area contributed by atoms with E-state index in [1.165, 1.54) is 0 Å². The second-order valence-electron chi connectivity index (χ2n) is 4.21. The normalized spacial score (nSPS) is 10.4. The Bertz CT molecular complexity index is 489. The number of benzene rings is 1. The zero-order valence-electron chi connectivity index (χ0n) is 10.7. The summed E-state index contributed by atoms with van der Waals surface area (Å²) >= 11 is 5.93. The highest BCUT2D eigenvalue weighted by molar-refractivity contribution is 6.17. The number of nitrogens with zero attached hydrogens (tertiary/aromatic N) is 2. The summed E-state index contributed by atoms with van der Waals surface area (Å²) in [6.45, 7) is 2.10. The molecule has 2 aromatic rings.